The fourth-order valence-corrected chi connectivity index (χ4v) is 1.63. The van der Waals surface area contributed by atoms with Gasteiger partial charge in [-0.1, -0.05) is 0 Å². The monoisotopic (exact) mass is 233 g/mol. The topological polar surface area (TPSA) is 40.6 Å². The summed E-state index contributed by atoms with van der Waals surface area (Å²) in [6.45, 7) is 15.1. The second kappa shape index (κ2) is 3.86. The largest absolute Gasteiger partial charge is 0.498 e. The van der Waals surface area contributed by atoms with E-state index in [-0.39, 0.29) is 17.9 Å². The first-order valence-corrected chi connectivity index (χ1v) is 5.57. The molecule has 0 aliphatic carbocycles. The predicted molar refractivity (Wildman–Crippen MR) is 64.5 cm³/mol. The van der Waals surface area contributed by atoms with Gasteiger partial charge in [0.15, 0.2) is 0 Å². The third kappa shape index (κ3) is 2.08. The van der Waals surface area contributed by atoms with Crippen molar-refractivity contribution in [2.45, 2.75) is 45.6 Å². The Balaban J connectivity index is 2.18. The second-order valence-corrected chi connectivity index (χ2v) is 5.20. The Bertz CT molecular complexity index is 446. The normalized spacial score (nSPS) is 21.5. The van der Waals surface area contributed by atoms with Gasteiger partial charge >= 0.3 is 13.8 Å². The summed E-state index contributed by atoms with van der Waals surface area (Å²) in [5, 5.41) is 4.09. The lowest BCUT2D eigenvalue weighted by atomic mass is 9.82. The van der Waals surface area contributed by atoms with Crippen LogP contribution in [0.2, 0.25) is 0 Å². The van der Waals surface area contributed by atoms with Crippen LogP contribution < -0.4 is 5.46 Å². The van der Waals surface area contributed by atoms with Crippen molar-refractivity contribution in [2.75, 3.05) is 0 Å². The number of aromatic nitrogens is 2. The van der Waals surface area contributed by atoms with Crippen molar-refractivity contribution < 1.29 is 9.31 Å². The number of hydrogen-bond acceptors (Lipinski definition) is 3. The molecule has 0 unspecified atom stereocenters. The van der Waals surface area contributed by atoms with E-state index < -0.39 is 7.12 Å². The van der Waals surface area contributed by atoms with E-state index in [2.05, 4.69) is 9.94 Å². The molecule has 17 heavy (non-hydrogen) atoms. The highest BCUT2D eigenvalue weighted by Crippen LogP contribution is 2.36. The van der Waals surface area contributed by atoms with Gasteiger partial charge < -0.3 is 9.31 Å². The van der Waals surface area contributed by atoms with Gasteiger partial charge in [0.2, 0.25) is 0 Å². The van der Waals surface area contributed by atoms with Crippen LogP contribution in [0, 0.1) is 6.57 Å². The summed E-state index contributed by atoms with van der Waals surface area (Å²) >= 11 is 0. The summed E-state index contributed by atoms with van der Waals surface area (Å²) in [6.07, 6.45) is 3.48. The van der Waals surface area contributed by atoms with Crippen LogP contribution in [0.3, 0.4) is 0 Å². The highest BCUT2D eigenvalue weighted by Gasteiger charge is 2.52. The molecule has 0 radical (unpaired) electrons. The van der Waals surface area contributed by atoms with Gasteiger partial charge in [-0.3, -0.25) is 4.85 Å². The van der Waals surface area contributed by atoms with Crippen LogP contribution in [-0.4, -0.2) is 28.1 Å². The molecule has 5 nitrogen and oxygen atoms in total. The molecule has 0 amide bonds. The molecule has 1 aromatic heterocycles. The van der Waals surface area contributed by atoms with E-state index >= 15 is 0 Å². The van der Waals surface area contributed by atoms with Crippen LogP contribution in [0.25, 0.3) is 4.85 Å². The molecular formula is C11H16BN3O2. The van der Waals surface area contributed by atoms with E-state index in [1.807, 2.05) is 27.7 Å². The van der Waals surface area contributed by atoms with Crippen molar-refractivity contribution in [1.82, 2.24) is 9.78 Å². The lowest BCUT2D eigenvalue weighted by molar-refractivity contribution is 0.00578. The molecule has 0 bridgehead atoms. The van der Waals surface area contributed by atoms with Crippen molar-refractivity contribution in [1.29, 1.82) is 0 Å². The smallest absolute Gasteiger partial charge is 0.399 e. The molecule has 1 aromatic rings. The molecule has 0 spiro atoms. The van der Waals surface area contributed by atoms with Crippen LogP contribution in [0.15, 0.2) is 12.4 Å². The Morgan fingerprint density at radius 3 is 2.47 bits per heavy atom. The van der Waals surface area contributed by atoms with Crippen molar-refractivity contribution in [2.24, 2.45) is 0 Å². The van der Waals surface area contributed by atoms with Crippen molar-refractivity contribution in [3.8, 4) is 0 Å². The SMILES string of the molecule is [C-]#[N+]Cn1cc(B2OC(C)(C)C(C)(C)O2)cn1. The van der Waals surface area contributed by atoms with Gasteiger partial charge in [-0.05, 0) is 27.7 Å². The quantitative estimate of drug-likeness (QED) is 0.566. The van der Waals surface area contributed by atoms with Gasteiger partial charge in [-0.15, -0.1) is 0 Å². The number of nitrogens with zero attached hydrogens (tertiary/aromatic N) is 3. The molecule has 0 saturated carbocycles. The van der Waals surface area contributed by atoms with Gasteiger partial charge in [-0.25, -0.2) is 11.3 Å². The standard InChI is InChI=1S/C11H16BN3O2/c1-10(2)11(3,4)17-12(16-10)9-6-14-15(7-9)8-13-5/h6-7H,8H2,1-4H3. The molecule has 0 aromatic carbocycles. The molecule has 1 fully saturated rings. The Hall–Kier alpha value is -1.32. The maximum atomic E-state index is 6.79. The van der Waals surface area contributed by atoms with Crippen molar-refractivity contribution >= 4 is 12.6 Å². The minimum atomic E-state index is -0.403. The first-order chi connectivity index (χ1) is 7.86. The molecule has 6 heteroatoms. The third-order valence-corrected chi connectivity index (χ3v) is 3.39. The van der Waals surface area contributed by atoms with Crippen LogP contribution in [0.4, 0.5) is 0 Å². The number of hydrogen-bond donors (Lipinski definition) is 0. The predicted octanol–water partition coefficient (Wildman–Crippen LogP) is 1.06. The van der Waals surface area contributed by atoms with Crippen LogP contribution in [0.1, 0.15) is 27.7 Å². The Kier molecular flexibility index (Phi) is 2.76. The zero-order valence-corrected chi connectivity index (χ0v) is 10.6. The van der Waals surface area contributed by atoms with Crippen molar-refractivity contribution in [3.05, 3.63) is 23.8 Å². The fraction of sp³-hybridized carbons (Fsp3) is 0.636. The molecule has 0 atom stereocenters. The molecule has 2 heterocycles. The van der Waals surface area contributed by atoms with E-state index in [0.29, 0.717) is 0 Å². The fourth-order valence-electron chi connectivity index (χ4n) is 1.63. The second-order valence-electron chi connectivity index (χ2n) is 5.20. The summed E-state index contributed by atoms with van der Waals surface area (Å²) in [4.78, 5) is 3.27. The zero-order valence-electron chi connectivity index (χ0n) is 10.6. The third-order valence-electron chi connectivity index (χ3n) is 3.39. The number of rotatable bonds is 2. The van der Waals surface area contributed by atoms with Gasteiger partial charge in [0, 0.05) is 17.9 Å². The Morgan fingerprint density at radius 2 is 1.94 bits per heavy atom. The first-order valence-electron chi connectivity index (χ1n) is 5.57. The van der Waals surface area contributed by atoms with Crippen LogP contribution in [0.5, 0.6) is 0 Å². The molecule has 90 valence electrons. The van der Waals surface area contributed by atoms with Gasteiger partial charge in [-0.2, -0.15) is 5.10 Å². The molecule has 2 rings (SSSR count). The summed E-state index contributed by atoms with van der Waals surface area (Å²) in [6, 6.07) is 0. The zero-order chi connectivity index (χ0) is 12.7. The van der Waals surface area contributed by atoms with E-state index in [0.717, 1.165) is 5.46 Å². The molecular weight excluding hydrogens is 217 g/mol. The highest BCUT2D eigenvalue weighted by molar-refractivity contribution is 6.61. The summed E-state index contributed by atoms with van der Waals surface area (Å²) < 4.78 is 13.4. The van der Waals surface area contributed by atoms with E-state index in [4.69, 9.17) is 15.9 Å². The van der Waals surface area contributed by atoms with E-state index in [1.165, 1.54) is 0 Å². The Labute approximate surface area is 102 Å². The average Bonchev–Trinajstić information content (AvgIpc) is 2.71. The summed E-state index contributed by atoms with van der Waals surface area (Å²) in [5.74, 6) is 0. The first kappa shape index (κ1) is 12.2. The van der Waals surface area contributed by atoms with Gasteiger partial charge in [0.05, 0.1) is 11.2 Å². The van der Waals surface area contributed by atoms with Crippen molar-refractivity contribution in [3.63, 3.8) is 0 Å². The molecule has 1 aliphatic rings. The van der Waals surface area contributed by atoms with E-state index in [1.54, 1.807) is 17.1 Å². The van der Waals surface area contributed by atoms with Gasteiger partial charge in [0.25, 0.3) is 0 Å². The minimum absolute atomic E-state index is 0.222. The summed E-state index contributed by atoms with van der Waals surface area (Å²) in [7, 11) is -0.403. The lowest BCUT2D eigenvalue weighted by Gasteiger charge is -2.32. The maximum Gasteiger partial charge on any atom is 0.498 e. The average molecular weight is 233 g/mol. The van der Waals surface area contributed by atoms with Gasteiger partial charge in [0.1, 0.15) is 0 Å². The van der Waals surface area contributed by atoms with Crippen LogP contribution >= 0.6 is 0 Å². The molecule has 1 aliphatic heterocycles. The summed E-state index contributed by atoms with van der Waals surface area (Å²) in [5.41, 5.74) is 0.159. The minimum Gasteiger partial charge on any atom is -0.399 e. The molecule has 0 N–H and O–H groups in total. The van der Waals surface area contributed by atoms with E-state index in [9.17, 15) is 0 Å². The maximum absolute atomic E-state index is 6.79. The molecule has 1 saturated heterocycles. The Morgan fingerprint density at radius 1 is 1.35 bits per heavy atom. The highest BCUT2D eigenvalue weighted by atomic mass is 16.7. The van der Waals surface area contributed by atoms with Crippen LogP contribution in [-0.2, 0) is 16.0 Å². The lowest BCUT2D eigenvalue weighted by Crippen LogP contribution is -2.41.